The Bertz CT molecular complexity index is 722. The fraction of sp³-hybridized carbons (Fsp3) is 0.562. The van der Waals surface area contributed by atoms with Gasteiger partial charge in [-0.25, -0.2) is 4.98 Å². The molecule has 3 rings (SSSR count). The summed E-state index contributed by atoms with van der Waals surface area (Å²) in [4.78, 5) is 25.1. The lowest BCUT2D eigenvalue weighted by Crippen LogP contribution is -2.47. The summed E-state index contributed by atoms with van der Waals surface area (Å²) in [7, 11) is 0. The quantitative estimate of drug-likeness (QED) is 0.856. The molecule has 124 valence electrons. The highest BCUT2D eigenvalue weighted by Crippen LogP contribution is 2.17. The lowest BCUT2D eigenvalue weighted by Gasteiger charge is -2.35. The summed E-state index contributed by atoms with van der Waals surface area (Å²) in [5.41, 5.74) is 0.487. The van der Waals surface area contributed by atoms with Crippen molar-refractivity contribution in [2.45, 2.75) is 19.9 Å². The van der Waals surface area contributed by atoms with Crippen LogP contribution in [-0.4, -0.2) is 63.9 Å². The molecule has 0 unspecified atom stereocenters. The fourth-order valence-electron chi connectivity index (χ4n) is 2.99. The minimum atomic E-state index is -0.223. The smallest absolute Gasteiger partial charge is 0.282 e. The second-order valence-corrected chi connectivity index (χ2v) is 5.84. The van der Waals surface area contributed by atoms with Crippen molar-refractivity contribution in [1.82, 2.24) is 19.4 Å². The molecular formula is C16H23N5O2. The number of piperazine rings is 1. The molecule has 23 heavy (non-hydrogen) atoms. The highest BCUT2D eigenvalue weighted by molar-refractivity contribution is 5.76. The van der Waals surface area contributed by atoms with E-state index in [1.165, 1.54) is 0 Å². The Morgan fingerprint density at radius 1 is 1.17 bits per heavy atom. The molecule has 0 aliphatic carbocycles. The van der Waals surface area contributed by atoms with Gasteiger partial charge in [0.05, 0.1) is 12.0 Å². The van der Waals surface area contributed by atoms with Crippen molar-refractivity contribution in [1.29, 1.82) is 0 Å². The van der Waals surface area contributed by atoms with Crippen LogP contribution in [0.1, 0.15) is 13.3 Å². The summed E-state index contributed by atoms with van der Waals surface area (Å²) in [5, 5.41) is 9.59. The third-order valence-corrected chi connectivity index (χ3v) is 4.25. The minimum absolute atomic E-state index is 0.199. The van der Waals surface area contributed by atoms with Crippen molar-refractivity contribution in [3.63, 3.8) is 0 Å². The van der Waals surface area contributed by atoms with Crippen LogP contribution in [0.5, 0.6) is 0 Å². The number of aryl methyl sites for hydroxylation is 1. The van der Waals surface area contributed by atoms with Gasteiger partial charge in [0.25, 0.3) is 5.56 Å². The second-order valence-electron chi connectivity index (χ2n) is 5.84. The lowest BCUT2D eigenvalue weighted by molar-refractivity contribution is 0.188. The zero-order valence-corrected chi connectivity index (χ0v) is 13.5. The maximum absolute atomic E-state index is 11.9. The lowest BCUT2D eigenvalue weighted by atomic mass is 10.2. The van der Waals surface area contributed by atoms with Crippen LogP contribution in [0, 0.1) is 0 Å². The molecule has 1 aliphatic heterocycles. The second kappa shape index (κ2) is 7.06. The zero-order chi connectivity index (χ0) is 16.2. The van der Waals surface area contributed by atoms with Crippen molar-refractivity contribution < 1.29 is 5.11 Å². The predicted octanol–water partition coefficient (Wildman–Crippen LogP) is 0.316. The third-order valence-electron chi connectivity index (χ3n) is 4.25. The summed E-state index contributed by atoms with van der Waals surface area (Å²) in [5.74, 6) is 0.900. The zero-order valence-electron chi connectivity index (χ0n) is 13.5. The van der Waals surface area contributed by atoms with Crippen molar-refractivity contribution in [3.05, 3.63) is 28.8 Å². The van der Waals surface area contributed by atoms with Crippen LogP contribution in [0.15, 0.2) is 23.3 Å². The molecule has 1 fully saturated rings. The molecule has 7 nitrogen and oxygen atoms in total. The van der Waals surface area contributed by atoms with Gasteiger partial charge in [0.2, 0.25) is 0 Å². The molecule has 0 atom stereocenters. The normalized spacial score (nSPS) is 16.2. The number of hydrogen-bond donors (Lipinski definition) is 1. The van der Waals surface area contributed by atoms with Crippen molar-refractivity contribution >= 4 is 16.9 Å². The standard InChI is InChI=1S/C16H23N5O2/c1-2-5-21-12-17-16(23)13-3-4-14(18-15(13)21)20-8-6-19(7-9-20)10-11-22/h3-4,12,22H,2,5-11H2,1H3. The summed E-state index contributed by atoms with van der Waals surface area (Å²) >= 11 is 0. The predicted molar refractivity (Wildman–Crippen MR) is 89.8 cm³/mol. The van der Waals surface area contributed by atoms with Crippen LogP contribution in [0.2, 0.25) is 0 Å². The molecule has 1 N–H and O–H groups in total. The first kappa shape index (κ1) is 15.9. The maximum Gasteiger partial charge on any atom is 0.282 e. The van der Waals surface area contributed by atoms with Crippen LogP contribution in [0.4, 0.5) is 5.82 Å². The van der Waals surface area contributed by atoms with E-state index in [0.717, 1.165) is 51.5 Å². The average Bonchev–Trinajstić information content (AvgIpc) is 2.58. The summed E-state index contributed by atoms with van der Waals surface area (Å²) < 4.78 is 1.95. The molecule has 3 heterocycles. The van der Waals surface area contributed by atoms with E-state index in [0.29, 0.717) is 11.0 Å². The van der Waals surface area contributed by atoms with E-state index in [4.69, 9.17) is 10.1 Å². The first-order valence-corrected chi connectivity index (χ1v) is 8.17. The summed E-state index contributed by atoms with van der Waals surface area (Å²) in [6.07, 6.45) is 2.55. The highest BCUT2D eigenvalue weighted by Gasteiger charge is 2.18. The molecule has 0 bridgehead atoms. The van der Waals surface area contributed by atoms with Gasteiger partial charge in [0, 0.05) is 39.3 Å². The Hall–Kier alpha value is -1.99. The average molecular weight is 317 g/mol. The van der Waals surface area contributed by atoms with E-state index in [9.17, 15) is 4.79 Å². The monoisotopic (exact) mass is 317 g/mol. The van der Waals surface area contributed by atoms with Crippen LogP contribution < -0.4 is 10.5 Å². The maximum atomic E-state index is 11.9. The third kappa shape index (κ3) is 3.35. The van der Waals surface area contributed by atoms with Crippen molar-refractivity contribution in [2.24, 2.45) is 0 Å². The van der Waals surface area contributed by atoms with Gasteiger partial charge in [-0.1, -0.05) is 6.92 Å². The van der Waals surface area contributed by atoms with Gasteiger partial charge >= 0.3 is 0 Å². The van der Waals surface area contributed by atoms with Gasteiger partial charge in [-0.05, 0) is 18.6 Å². The van der Waals surface area contributed by atoms with Crippen molar-refractivity contribution in [2.75, 3.05) is 44.2 Å². The number of aromatic nitrogens is 3. The number of anilines is 1. The van der Waals surface area contributed by atoms with Gasteiger partial charge in [-0.2, -0.15) is 4.98 Å². The molecule has 2 aromatic heterocycles. The number of aliphatic hydroxyl groups is 1. The van der Waals surface area contributed by atoms with E-state index >= 15 is 0 Å². The Labute approximate surface area is 135 Å². The minimum Gasteiger partial charge on any atom is -0.395 e. The van der Waals surface area contributed by atoms with Crippen molar-refractivity contribution in [3.8, 4) is 0 Å². The molecule has 0 saturated carbocycles. The molecule has 1 saturated heterocycles. The SMILES string of the molecule is CCCn1cnc(=O)c2ccc(N3CCN(CCO)CC3)nc21. The molecule has 7 heteroatoms. The van der Waals surface area contributed by atoms with E-state index in [1.807, 2.05) is 16.7 Å². The van der Waals surface area contributed by atoms with Crippen LogP contribution in [-0.2, 0) is 6.54 Å². The Morgan fingerprint density at radius 2 is 1.96 bits per heavy atom. The molecule has 0 radical (unpaired) electrons. The Morgan fingerprint density at radius 3 is 2.65 bits per heavy atom. The Kier molecular flexibility index (Phi) is 4.88. The number of aliphatic hydroxyl groups excluding tert-OH is 1. The Balaban J connectivity index is 1.88. The highest BCUT2D eigenvalue weighted by atomic mass is 16.3. The van der Waals surface area contributed by atoms with Gasteiger partial charge < -0.3 is 14.6 Å². The number of hydrogen-bond acceptors (Lipinski definition) is 6. The van der Waals surface area contributed by atoms with Gasteiger partial charge in [0.15, 0.2) is 0 Å². The first-order valence-electron chi connectivity index (χ1n) is 8.17. The largest absolute Gasteiger partial charge is 0.395 e. The van der Waals surface area contributed by atoms with E-state index in [-0.39, 0.29) is 12.2 Å². The number of fused-ring (bicyclic) bond motifs is 1. The van der Waals surface area contributed by atoms with Crippen LogP contribution in [0.25, 0.3) is 11.0 Å². The number of pyridine rings is 1. The summed E-state index contributed by atoms with van der Waals surface area (Å²) in [6, 6.07) is 3.74. The van der Waals surface area contributed by atoms with Crippen LogP contribution in [0.3, 0.4) is 0 Å². The number of rotatable bonds is 5. The number of β-amino-alcohol motifs (C(OH)–C–C–N with tert-alkyl or cyclic N) is 1. The topological polar surface area (TPSA) is 74.5 Å². The van der Waals surface area contributed by atoms with Gasteiger partial charge in [-0.15, -0.1) is 0 Å². The molecule has 2 aromatic rings. The van der Waals surface area contributed by atoms with Gasteiger partial charge in [-0.3, -0.25) is 9.69 Å². The fourth-order valence-corrected chi connectivity index (χ4v) is 2.99. The molecule has 0 amide bonds. The molecule has 0 aromatic carbocycles. The van der Waals surface area contributed by atoms with Gasteiger partial charge in [0.1, 0.15) is 17.8 Å². The molecular weight excluding hydrogens is 294 g/mol. The molecule has 1 aliphatic rings. The first-order chi connectivity index (χ1) is 11.2. The number of nitrogens with zero attached hydrogens (tertiary/aromatic N) is 5. The van der Waals surface area contributed by atoms with E-state index < -0.39 is 0 Å². The van der Waals surface area contributed by atoms with Crippen LogP contribution >= 0.6 is 0 Å². The summed E-state index contributed by atoms with van der Waals surface area (Å²) in [6.45, 7) is 7.39. The van der Waals surface area contributed by atoms with E-state index in [1.54, 1.807) is 6.33 Å². The molecule has 0 spiro atoms. The van der Waals surface area contributed by atoms with E-state index in [2.05, 4.69) is 21.7 Å².